The van der Waals surface area contributed by atoms with E-state index in [1.165, 1.54) is 11.1 Å². The largest absolute Gasteiger partial charge is 0.329 e. The molecule has 0 bridgehead atoms. The van der Waals surface area contributed by atoms with E-state index in [1.54, 1.807) is 0 Å². The Morgan fingerprint density at radius 2 is 2.21 bits per heavy atom. The van der Waals surface area contributed by atoms with E-state index in [0.29, 0.717) is 13.1 Å². The van der Waals surface area contributed by atoms with E-state index in [0.717, 1.165) is 30.4 Å². The van der Waals surface area contributed by atoms with Crippen LogP contribution in [0.15, 0.2) is 11.0 Å². The molecule has 1 aliphatic rings. The van der Waals surface area contributed by atoms with Gasteiger partial charge in [0, 0.05) is 12.1 Å². The Morgan fingerprint density at radius 3 is 3.00 bits per heavy atom. The molecule has 4 heteroatoms. The van der Waals surface area contributed by atoms with Crippen molar-refractivity contribution in [2.45, 2.75) is 32.2 Å². The summed E-state index contributed by atoms with van der Waals surface area (Å²) in [4.78, 5) is 11.8. The molecule has 2 N–H and O–H groups in total. The number of hydrogen-bond donors (Lipinski definition) is 1. The van der Waals surface area contributed by atoms with Gasteiger partial charge in [0.1, 0.15) is 0 Å². The molecule has 1 aromatic rings. The van der Waals surface area contributed by atoms with Crippen molar-refractivity contribution in [3.63, 3.8) is 0 Å². The van der Waals surface area contributed by atoms with Crippen molar-refractivity contribution in [1.29, 1.82) is 0 Å². The first-order valence-electron chi connectivity index (χ1n) is 5.11. The Kier molecular flexibility index (Phi) is 2.63. The van der Waals surface area contributed by atoms with Gasteiger partial charge in [-0.25, -0.2) is 4.68 Å². The molecule has 0 fully saturated rings. The topological polar surface area (TPSA) is 60.9 Å². The Labute approximate surface area is 82.7 Å². The van der Waals surface area contributed by atoms with E-state index in [4.69, 9.17) is 5.73 Å². The Bertz CT molecular complexity index is 383. The van der Waals surface area contributed by atoms with Gasteiger partial charge >= 0.3 is 0 Å². The van der Waals surface area contributed by atoms with Crippen molar-refractivity contribution in [3.8, 4) is 0 Å². The maximum Gasteiger partial charge on any atom is 0.270 e. The van der Waals surface area contributed by atoms with E-state index in [1.807, 2.05) is 6.20 Å². The van der Waals surface area contributed by atoms with E-state index in [9.17, 15) is 4.79 Å². The molecule has 0 spiro atoms. The zero-order valence-corrected chi connectivity index (χ0v) is 8.20. The van der Waals surface area contributed by atoms with Crippen molar-refractivity contribution in [2.75, 3.05) is 6.54 Å². The van der Waals surface area contributed by atoms with Crippen molar-refractivity contribution in [2.24, 2.45) is 5.73 Å². The third-order valence-corrected chi connectivity index (χ3v) is 2.70. The summed E-state index contributed by atoms with van der Waals surface area (Å²) in [5, 5.41) is 4.11. The Hall–Kier alpha value is -1.16. The van der Waals surface area contributed by atoms with E-state index in [-0.39, 0.29) is 5.56 Å². The van der Waals surface area contributed by atoms with Crippen LogP contribution in [0.3, 0.4) is 0 Å². The monoisotopic (exact) mass is 193 g/mol. The highest BCUT2D eigenvalue weighted by Crippen LogP contribution is 2.16. The van der Waals surface area contributed by atoms with Gasteiger partial charge in [0.05, 0.1) is 12.7 Å². The predicted molar refractivity (Wildman–Crippen MR) is 54.2 cm³/mol. The van der Waals surface area contributed by atoms with Gasteiger partial charge < -0.3 is 5.73 Å². The molecule has 0 aliphatic heterocycles. The van der Waals surface area contributed by atoms with Crippen LogP contribution in [0.4, 0.5) is 0 Å². The van der Waals surface area contributed by atoms with Gasteiger partial charge in [-0.1, -0.05) is 0 Å². The Morgan fingerprint density at radius 1 is 1.43 bits per heavy atom. The molecule has 0 unspecified atom stereocenters. The summed E-state index contributed by atoms with van der Waals surface area (Å²) in [6.07, 6.45) is 6.03. The summed E-state index contributed by atoms with van der Waals surface area (Å²) in [5.41, 5.74) is 7.56. The van der Waals surface area contributed by atoms with Crippen LogP contribution in [0.1, 0.15) is 24.0 Å². The van der Waals surface area contributed by atoms with Crippen LogP contribution in [0.2, 0.25) is 0 Å². The lowest BCUT2D eigenvalue weighted by Crippen LogP contribution is -2.31. The third kappa shape index (κ3) is 1.57. The number of rotatable bonds is 2. The lowest BCUT2D eigenvalue weighted by molar-refractivity contribution is 0.559. The quantitative estimate of drug-likeness (QED) is 0.723. The molecule has 0 atom stereocenters. The summed E-state index contributed by atoms with van der Waals surface area (Å²) >= 11 is 0. The van der Waals surface area contributed by atoms with Gasteiger partial charge in [-0.2, -0.15) is 5.10 Å². The van der Waals surface area contributed by atoms with E-state index < -0.39 is 0 Å². The molecule has 14 heavy (non-hydrogen) atoms. The molecule has 76 valence electrons. The lowest BCUT2D eigenvalue weighted by atomic mass is 9.94. The van der Waals surface area contributed by atoms with Gasteiger partial charge in [-0.3, -0.25) is 4.79 Å². The fourth-order valence-electron chi connectivity index (χ4n) is 1.94. The molecule has 4 nitrogen and oxygen atoms in total. The highest BCUT2D eigenvalue weighted by atomic mass is 16.1. The molecule has 2 rings (SSSR count). The molecule has 1 heterocycles. The molecular formula is C10H15N3O. The van der Waals surface area contributed by atoms with Crippen LogP contribution >= 0.6 is 0 Å². The van der Waals surface area contributed by atoms with Crippen LogP contribution in [0.5, 0.6) is 0 Å². The average Bonchev–Trinajstić information content (AvgIpc) is 2.23. The van der Waals surface area contributed by atoms with Crippen molar-refractivity contribution >= 4 is 0 Å². The zero-order chi connectivity index (χ0) is 9.97. The zero-order valence-electron chi connectivity index (χ0n) is 8.20. The van der Waals surface area contributed by atoms with Crippen LogP contribution in [0, 0.1) is 0 Å². The molecule has 1 aliphatic carbocycles. The minimum absolute atomic E-state index is 0.0626. The number of hydrogen-bond acceptors (Lipinski definition) is 3. The molecule has 0 saturated carbocycles. The SMILES string of the molecule is NCCn1ncc2c(c1=O)CCCC2. The van der Waals surface area contributed by atoms with Gasteiger partial charge in [0.2, 0.25) is 0 Å². The third-order valence-electron chi connectivity index (χ3n) is 2.70. The van der Waals surface area contributed by atoms with Crippen LogP contribution in [-0.4, -0.2) is 16.3 Å². The lowest BCUT2D eigenvalue weighted by Gasteiger charge is -2.15. The maximum atomic E-state index is 11.8. The number of fused-ring (bicyclic) bond motifs is 1. The standard InChI is InChI=1S/C10H15N3O/c11-5-6-13-10(14)9-4-2-1-3-8(9)7-12-13/h7H,1-6,11H2. The van der Waals surface area contributed by atoms with Crippen molar-refractivity contribution in [1.82, 2.24) is 9.78 Å². The number of nitrogens with zero attached hydrogens (tertiary/aromatic N) is 2. The molecular weight excluding hydrogens is 178 g/mol. The number of aryl methyl sites for hydroxylation is 1. The van der Waals surface area contributed by atoms with Crippen LogP contribution < -0.4 is 11.3 Å². The second-order valence-electron chi connectivity index (χ2n) is 3.67. The maximum absolute atomic E-state index is 11.8. The Balaban J connectivity index is 2.44. The van der Waals surface area contributed by atoms with Gasteiger partial charge in [0.15, 0.2) is 0 Å². The highest BCUT2D eigenvalue weighted by Gasteiger charge is 2.14. The summed E-state index contributed by atoms with van der Waals surface area (Å²) < 4.78 is 1.48. The highest BCUT2D eigenvalue weighted by molar-refractivity contribution is 5.23. The van der Waals surface area contributed by atoms with E-state index >= 15 is 0 Å². The number of aromatic nitrogens is 2. The fraction of sp³-hybridized carbons (Fsp3) is 0.600. The molecule has 0 amide bonds. The van der Waals surface area contributed by atoms with Crippen molar-refractivity contribution < 1.29 is 0 Å². The molecule has 1 aromatic heterocycles. The summed E-state index contributed by atoms with van der Waals surface area (Å²) in [6, 6.07) is 0. The minimum Gasteiger partial charge on any atom is -0.329 e. The first kappa shape index (κ1) is 9.40. The number of nitrogens with two attached hydrogens (primary N) is 1. The smallest absolute Gasteiger partial charge is 0.270 e. The summed E-state index contributed by atoms with van der Waals surface area (Å²) in [6.45, 7) is 0.984. The first-order chi connectivity index (χ1) is 6.83. The first-order valence-corrected chi connectivity index (χ1v) is 5.11. The van der Waals surface area contributed by atoms with Gasteiger partial charge in [-0.15, -0.1) is 0 Å². The summed E-state index contributed by atoms with van der Waals surface area (Å²) in [5.74, 6) is 0. The van der Waals surface area contributed by atoms with Gasteiger partial charge in [0.25, 0.3) is 5.56 Å². The summed E-state index contributed by atoms with van der Waals surface area (Å²) in [7, 11) is 0. The van der Waals surface area contributed by atoms with Gasteiger partial charge in [-0.05, 0) is 31.2 Å². The molecule has 0 radical (unpaired) electrons. The van der Waals surface area contributed by atoms with Crippen molar-refractivity contribution in [3.05, 3.63) is 27.7 Å². The molecule has 0 saturated heterocycles. The average molecular weight is 193 g/mol. The second-order valence-corrected chi connectivity index (χ2v) is 3.67. The second kappa shape index (κ2) is 3.92. The predicted octanol–water partition coefficient (Wildman–Crippen LogP) is 0.0808. The molecule has 0 aromatic carbocycles. The fourth-order valence-corrected chi connectivity index (χ4v) is 1.94. The van der Waals surface area contributed by atoms with Crippen LogP contribution in [-0.2, 0) is 19.4 Å². The minimum atomic E-state index is 0.0626. The van der Waals surface area contributed by atoms with Crippen LogP contribution in [0.25, 0.3) is 0 Å². The van der Waals surface area contributed by atoms with E-state index in [2.05, 4.69) is 5.10 Å². The normalized spacial score (nSPS) is 15.2.